The van der Waals surface area contributed by atoms with Crippen molar-refractivity contribution in [1.29, 1.82) is 0 Å². The summed E-state index contributed by atoms with van der Waals surface area (Å²) in [5.41, 5.74) is 5.87. The monoisotopic (exact) mass is 519 g/mol. The maximum atomic E-state index is 13.7. The van der Waals surface area contributed by atoms with Crippen molar-refractivity contribution < 1.29 is 18.2 Å². The predicted molar refractivity (Wildman–Crippen MR) is 142 cm³/mol. The summed E-state index contributed by atoms with van der Waals surface area (Å²) in [6.45, 7) is 10.4. The van der Waals surface area contributed by atoms with Crippen LogP contribution in [-0.4, -0.2) is 42.8 Å². The summed E-state index contributed by atoms with van der Waals surface area (Å²) in [6.07, 6.45) is 0. The van der Waals surface area contributed by atoms with Gasteiger partial charge in [0.25, 0.3) is 5.91 Å². The van der Waals surface area contributed by atoms with Gasteiger partial charge in [0.2, 0.25) is 15.9 Å². The second-order valence-corrected chi connectivity index (χ2v) is 11.0. The molecule has 0 saturated carbocycles. The molecule has 3 aromatic carbocycles. The van der Waals surface area contributed by atoms with E-state index in [1.165, 1.54) is 38.9 Å². The summed E-state index contributed by atoms with van der Waals surface area (Å²) in [4.78, 5) is 19.6. The van der Waals surface area contributed by atoms with E-state index in [1.54, 1.807) is 18.9 Å². The third kappa shape index (κ3) is 3.97. The zero-order valence-electron chi connectivity index (χ0n) is 21.5. The van der Waals surface area contributed by atoms with E-state index in [2.05, 4.69) is 17.3 Å². The number of hydrazine groups is 2. The van der Waals surface area contributed by atoms with Crippen LogP contribution in [-0.2, 0) is 15.0 Å². The highest BCUT2D eigenvalue weighted by atomic mass is 32.2. The summed E-state index contributed by atoms with van der Waals surface area (Å²) in [5.74, 6) is 0.203. The quantitative estimate of drug-likeness (QED) is 0.475. The van der Waals surface area contributed by atoms with Gasteiger partial charge < -0.3 is 0 Å². The zero-order valence-corrected chi connectivity index (χ0v) is 22.3. The van der Waals surface area contributed by atoms with E-state index in [0.29, 0.717) is 30.2 Å². The zero-order chi connectivity index (χ0) is 26.5. The lowest BCUT2D eigenvalue weighted by Gasteiger charge is -2.25. The number of oxime groups is 1. The molecule has 9 nitrogen and oxygen atoms in total. The van der Waals surface area contributed by atoms with Crippen LogP contribution in [0.4, 0.5) is 11.4 Å². The largest absolute Gasteiger partial charge is 0.277 e. The van der Waals surface area contributed by atoms with Gasteiger partial charge in [-0.05, 0) is 73.5 Å². The fraction of sp³-hybridized carbons (Fsp3) is 0.259. The van der Waals surface area contributed by atoms with Crippen LogP contribution in [0.3, 0.4) is 0 Å². The van der Waals surface area contributed by atoms with E-state index >= 15 is 0 Å². The highest BCUT2D eigenvalue weighted by Gasteiger charge is 2.47. The molecule has 0 atom stereocenters. The van der Waals surface area contributed by atoms with E-state index in [1.807, 2.05) is 45.0 Å². The molecule has 0 N–H and O–H groups in total. The molecule has 3 aromatic rings. The minimum Gasteiger partial charge on any atom is -0.267 e. The van der Waals surface area contributed by atoms with Crippen LogP contribution in [0.2, 0.25) is 0 Å². The van der Waals surface area contributed by atoms with Gasteiger partial charge in [-0.2, -0.15) is 14.3 Å². The standard InChI is InChI=1S/C27H29N5O4S/c1-6-29(7-2)37(34,35)22-14-12-21(13-15-22)27(33)31-24-11-9-8-10-23(24)30-26(28-36-32(30)31)25-19(4)16-18(3)17-20(25)5/h8-17H,6-7H2,1-5H3. The Labute approximate surface area is 217 Å². The first kappa shape index (κ1) is 24.9. The van der Waals surface area contributed by atoms with Crippen molar-refractivity contribution in [3.63, 3.8) is 0 Å². The van der Waals surface area contributed by atoms with Crippen molar-refractivity contribution in [2.75, 3.05) is 23.1 Å². The van der Waals surface area contributed by atoms with Crippen molar-refractivity contribution >= 4 is 33.1 Å². The molecular weight excluding hydrogens is 490 g/mol. The molecule has 192 valence electrons. The van der Waals surface area contributed by atoms with Gasteiger partial charge in [0.1, 0.15) is 0 Å². The van der Waals surface area contributed by atoms with Crippen LogP contribution in [0.5, 0.6) is 0 Å². The van der Waals surface area contributed by atoms with Gasteiger partial charge in [0, 0.05) is 24.2 Å². The molecule has 37 heavy (non-hydrogen) atoms. The van der Waals surface area contributed by atoms with E-state index < -0.39 is 10.0 Å². The highest BCUT2D eigenvalue weighted by Crippen LogP contribution is 2.43. The lowest BCUT2D eigenvalue weighted by atomic mass is 9.98. The van der Waals surface area contributed by atoms with E-state index in [9.17, 15) is 13.2 Å². The third-order valence-corrected chi connectivity index (χ3v) is 8.68. The minimum absolute atomic E-state index is 0.143. The van der Waals surface area contributed by atoms with Crippen molar-refractivity contribution in [1.82, 2.24) is 9.59 Å². The predicted octanol–water partition coefficient (Wildman–Crippen LogP) is 4.55. The number of carbonyl (C=O) groups excluding carboxylic acids is 1. The molecule has 2 aliphatic heterocycles. The van der Waals surface area contributed by atoms with Crippen LogP contribution < -0.4 is 10.0 Å². The smallest absolute Gasteiger partial charge is 0.267 e. The molecule has 0 aromatic heterocycles. The van der Waals surface area contributed by atoms with Crippen molar-refractivity contribution in [2.24, 2.45) is 5.16 Å². The minimum atomic E-state index is -3.63. The Morgan fingerprint density at radius 1 is 0.919 bits per heavy atom. The van der Waals surface area contributed by atoms with Crippen LogP contribution in [0.1, 0.15) is 46.5 Å². The Hall–Kier alpha value is -3.73. The van der Waals surface area contributed by atoms with E-state index in [-0.39, 0.29) is 10.8 Å². The molecule has 0 bridgehead atoms. The van der Waals surface area contributed by atoms with Crippen LogP contribution in [0, 0.1) is 20.8 Å². The summed E-state index contributed by atoms with van der Waals surface area (Å²) >= 11 is 0. The Morgan fingerprint density at radius 3 is 2.11 bits per heavy atom. The lowest BCUT2D eigenvalue weighted by molar-refractivity contribution is -0.135. The maximum absolute atomic E-state index is 13.7. The third-order valence-electron chi connectivity index (χ3n) is 6.62. The van der Waals surface area contributed by atoms with Crippen molar-refractivity contribution in [3.8, 4) is 0 Å². The average molecular weight is 520 g/mol. The second-order valence-electron chi connectivity index (χ2n) is 9.05. The molecule has 5 rings (SSSR count). The molecule has 0 saturated heterocycles. The normalized spacial score (nSPS) is 15.0. The maximum Gasteiger partial charge on any atom is 0.277 e. The number of aryl methyl sites for hydroxylation is 3. The first-order valence-electron chi connectivity index (χ1n) is 12.2. The number of para-hydroxylation sites is 2. The summed E-state index contributed by atoms with van der Waals surface area (Å²) in [5, 5.41) is 8.85. The molecule has 2 aliphatic rings. The number of amides is 1. The van der Waals surface area contributed by atoms with Crippen LogP contribution in [0.25, 0.3) is 0 Å². The van der Waals surface area contributed by atoms with Gasteiger partial charge in [-0.1, -0.05) is 43.7 Å². The topological polar surface area (TPSA) is 85.8 Å². The number of rotatable bonds is 6. The molecule has 0 spiro atoms. The van der Waals surface area contributed by atoms with Crippen LogP contribution in [0.15, 0.2) is 70.7 Å². The Balaban J connectivity index is 1.50. The first-order chi connectivity index (χ1) is 17.7. The highest BCUT2D eigenvalue weighted by molar-refractivity contribution is 7.89. The van der Waals surface area contributed by atoms with Crippen molar-refractivity contribution in [3.05, 3.63) is 88.5 Å². The summed E-state index contributed by atoms with van der Waals surface area (Å²) in [7, 11) is -3.63. The fourth-order valence-corrected chi connectivity index (χ4v) is 6.41. The molecule has 0 fully saturated rings. The molecule has 0 aliphatic carbocycles. The van der Waals surface area contributed by atoms with Gasteiger partial charge in [0.15, 0.2) is 0 Å². The Bertz CT molecular complexity index is 1490. The Kier molecular flexibility index (Phi) is 6.26. The fourth-order valence-electron chi connectivity index (χ4n) is 4.95. The molecule has 10 heteroatoms. The summed E-state index contributed by atoms with van der Waals surface area (Å²) in [6, 6.07) is 17.6. The molecular formula is C27H29N5O4S. The average Bonchev–Trinajstić information content (AvgIpc) is 3.42. The number of sulfonamides is 1. The van der Waals surface area contributed by atoms with Crippen molar-refractivity contribution in [2.45, 2.75) is 39.5 Å². The number of benzene rings is 3. The lowest BCUT2D eigenvalue weighted by Crippen LogP contribution is -2.49. The number of anilines is 2. The van der Waals surface area contributed by atoms with Gasteiger partial charge in [-0.3, -0.25) is 9.73 Å². The molecule has 1 amide bonds. The molecule has 2 heterocycles. The number of hydrogen-bond donors (Lipinski definition) is 0. The number of carbonyl (C=O) groups is 1. The number of fused-ring (bicyclic) bond motifs is 3. The Morgan fingerprint density at radius 2 is 1.51 bits per heavy atom. The van der Waals surface area contributed by atoms with E-state index in [4.69, 9.17) is 4.94 Å². The van der Waals surface area contributed by atoms with Gasteiger partial charge in [-0.25, -0.2) is 8.42 Å². The number of amidine groups is 1. The van der Waals surface area contributed by atoms with Gasteiger partial charge in [-0.15, -0.1) is 0 Å². The van der Waals surface area contributed by atoms with Crippen LogP contribution >= 0.6 is 0 Å². The number of nitrogens with zero attached hydrogens (tertiary/aromatic N) is 5. The van der Waals surface area contributed by atoms with Gasteiger partial charge in [0.05, 0.1) is 21.6 Å². The summed E-state index contributed by atoms with van der Waals surface area (Å²) < 4.78 is 27.1. The van der Waals surface area contributed by atoms with E-state index in [0.717, 1.165) is 27.9 Å². The second kappa shape index (κ2) is 9.29. The molecule has 0 unspecified atom stereocenters. The van der Waals surface area contributed by atoms with Gasteiger partial charge >= 0.3 is 0 Å². The molecule has 0 radical (unpaired) electrons. The number of hydrogen-bond acceptors (Lipinski definition) is 7. The SMILES string of the molecule is CCN(CC)S(=O)(=O)c1ccc(C(=O)N2c3ccccc3N3C(c4c(C)cc(C)cc4C)=NON23)cc1. The first-order valence-corrected chi connectivity index (χ1v) is 13.6.